The van der Waals surface area contributed by atoms with Crippen LogP contribution in [0.5, 0.6) is 5.75 Å². The Kier molecular flexibility index (Phi) is 6.22. The van der Waals surface area contributed by atoms with Crippen LogP contribution in [0.25, 0.3) is 0 Å². The van der Waals surface area contributed by atoms with Gasteiger partial charge in [-0.05, 0) is 37.0 Å². The minimum absolute atomic E-state index is 0.492. The second-order valence-corrected chi connectivity index (χ2v) is 6.67. The lowest BCUT2D eigenvalue weighted by Gasteiger charge is -2.18. The normalized spacial score (nSPS) is 18.8. The van der Waals surface area contributed by atoms with Crippen LogP contribution in [0.15, 0.2) is 24.3 Å². The maximum atomic E-state index is 5.49. The van der Waals surface area contributed by atoms with Gasteiger partial charge in [-0.15, -0.1) is 0 Å². The molecule has 0 bridgehead atoms. The Hall–Kier alpha value is -0.500. The lowest BCUT2D eigenvalue weighted by Crippen LogP contribution is -2.03. The summed E-state index contributed by atoms with van der Waals surface area (Å²) in [6.07, 6.45) is 9.83. The molecule has 1 atom stereocenters. The number of hydrogen-bond acceptors (Lipinski definition) is 1. The van der Waals surface area contributed by atoms with Crippen LogP contribution in [-0.4, -0.2) is 6.61 Å². The molecule has 19 heavy (non-hydrogen) atoms. The second kappa shape index (κ2) is 7.94. The molecule has 0 aliphatic heterocycles. The van der Waals surface area contributed by atoms with E-state index in [1.807, 2.05) is 6.92 Å². The average Bonchev–Trinajstić information content (AvgIpc) is 2.68. The van der Waals surface area contributed by atoms with Gasteiger partial charge in [0, 0.05) is 4.83 Å². The molecule has 1 nitrogen and oxygen atoms in total. The van der Waals surface area contributed by atoms with E-state index in [2.05, 4.69) is 40.2 Å². The zero-order chi connectivity index (χ0) is 13.5. The fourth-order valence-corrected chi connectivity index (χ4v) is 3.80. The highest BCUT2D eigenvalue weighted by Crippen LogP contribution is 2.36. The molecule has 0 saturated heterocycles. The zero-order valence-corrected chi connectivity index (χ0v) is 13.5. The molecule has 0 aromatic heterocycles. The minimum Gasteiger partial charge on any atom is -0.494 e. The van der Waals surface area contributed by atoms with Gasteiger partial charge in [-0.25, -0.2) is 0 Å². The summed E-state index contributed by atoms with van der Waals surface area (Å²) in [5, 5.41) is 0. The minimum atomic E-state index is 0.492. The van der Waals surface area contributed by atoms with Gasteiger partial charge < -0.3 is 4.74 Å². The Bertz CT molecular complexity index is 352. The fourth-order valence-electron chi connectivity index (χ4n) is 2.97. The summed E-state index contributed by atoms with van der Waals surface area (Å²) in [5.74, 6) is 1.87. The van der Waals surface area contributed by atoms with Crippen molar-refractivity contribution in [2.45, 2.75) is 56.7 Å². The first kappa shape index (κ1) is 14.9. The zero-order valence-electron chi connectivity index (χ0n) is 11.9. The van der Waals surface area contributed by atoms with Crippen molar-refractivity contribution in [2.24, 2.45) is 5.92 Å². The number of hydrogen-bond donors (Lipinski definition) is 0. The van der Waals surface area contributed by atoms with Gasteiger partial charge in [-0.1, -0.05) is 66.6 Å². The molecule has 0 radical (unpaired) electrons. The van der Waals surface area contributed by atoms with Crippen molar-refractivity contribution >= 4 is 15.9 Å². The Morgan fingerprint density at radius 1 is 1.11 bits per heavy atom. The van der Waals surface area contributed by atoms with E-state index >= 15 is 0 Å². The molecule has 1 aliphatic rings. The van der Waals surface area contributed by atoms with Crippen molar-refractivity contribution in [3.63, 3.8) is 0 Å². The molecule has 2 heteroatoms. The highest BCUT2D eigenvalue weighted by Gasteiger charge is 2.17. The van der Waals surface area contributed by atoms with Crippen LogP contribution < -0.4 is 4.74 Å². The molecular formula is C17H25BrO. The third-order valence-corrected chi connectivity index (χ3v) is 4.97. The van der Waals surface area contributed by atoms with Crippen LogP contribution in [0.1, 0.15) is 62.3 Å². The number of halogens is 1. The fraction of sp³-hybridized carbons (Fsp3) is 0.647. The largest absolute Gasteiger partial charge is 0.494 e. The molecule has 0 amide bonds. The van der Waals surface area contributed by atoms with E-state index in [1.54, 1.807) is 0 Å². The van der Waals surface area contributed by atoms with E-state index in [0.29, 0.717) is 4.83 Å². The van der Waals surface area contributed by atoms with Crippen molar-refractivity contribution in [3.8, 4) is 5.75 Å². The summed E-state index contributed by atoms with van der Waals surface area (Å²) in [5.41, 5.74) is 1.38. The van der Waals surface area contributed by atoms with E-state index in [-0.39, 0.29) is 0 Å². The summed E-state index contributed by atoms with van der Waals surface area (Å²) in [6, 6.07) is 8.56. The van der Waals surface area contributed by atoms with Crippen LogP contribution in [-0.2, 0) is 0 Å². The van der Waals surface area contributed by atoms with Gasteiger partial charge in [0.05, 0.1) is 6.61 Å². The molecule has 0 heterocycles. The quantitative estimate of drug-likeness (QED) is 0.485. The summed E-state index contributed by atoms with van der Waals surface area (Å²) in [6.45, 7) is 2.76. The molecular weight excluding hydrogens is 300 g/mol. The molecule has 1 saturated carbocycles. The SMILES string of the molecule is CCOc1ccc(C(Br)CC2CCCCCC2)cc1. The predicted molar refractivity (Wildman–Crippen MR) is 85.1 cm³/mol. The number of ether oxygens (including phenoxy) is 1. The lowest BCUT2D eigenvalue weighted by atomic mass is 9.93. The third kappa shape index (κ3) is 4.83. The Balaban J connectivity index is 1.89. The molecule has 1 fully saturated rings. The van der Waals surface area contributed by atoms with Gasteiger partial charge in [0.15, 0.2) is 0 Å². The molecule has 1 aliphatic carbocycles. The molecule has 0 spiro atoms. The second-order valence-electron chi connectivity index (χ2n) is 5.56. The Morgan fingerprint density at radius 3 is 2.32 bits per heavy atom. The van der Waals surface area contributed by atoms with Gasteiger partial charge in [-0.3, -0.25) is 0 Å². The Morgan fingerprint density at radius 2 is 1.74 bits per heavy atom. The van der Waals surface area contributed by atoms with Gasteiger partial charge in [-0.2, -0.15) is 0 Å². The van der Waals surface area contributed by atoms with Crippen molar-refractivity contribution in [2.75, 3.05) is 6.61 Å². The first-order valence-corrected chi connectivity index (χ1v) is 8.58. The van der Waals surface area contributed by atoms with Crippen molar-refractivity contribution in [1.82, 2.24) is 0 Å². The Labute approximate surface area is 125 Å². The number of alkyl halides is 1. The van der Waals surface area contributed by atoms with Crippen LogP contribution in [0.3, 0.4) is 0 Å². The van der Waals surface area contributed by atoms with Crippen LogP contribution >= 0.6 is 15.9 Å². The van der Waals surface area contributed by atoms with E-state index in [1.165, 1.54) is 50.5 Å². The highest BCUT2D eigenvalue weighted by atomic mass is 79.9. The summed E-state index contributed by atoms with van der Waals surface area (Å²) >= 11 is 3.87. The van der Waals surface area contributed by atoms with Crippen molar-refractivity contribution in [1.29, 1.82) is 0 Å². The molecule has 1 aromatic carbocycles. The first-order chi connectivity index (χ1) is 9.29. The van der Waals surface area contributed by atoms with Gasteiger partial charge in [0.25, 0.3) is 0 Å². The molecule has 0 N–H and O–H groups in total. The molecule has 1 aromatic rings. The monoisotopic (exact) mass is 324 g/mol. The van der Waals surface area contributed by atoms with Crippen LogP contribution in [0, 0.1) is 5.92 Å². The van der Waals surface area contributed by atoms with Gasteiger partial charge in [0.1, 0.15) is 5.75 Å². The maximum Gasteiger partial charge on any atom is 0.119 e. The predicted octanol–water partition coefficient (Wildman–Crippen LogP) is 5.88. The van der Waals surface area contributed by atoms with Crippen LogP contribution in [0.2, 0.25) is 0 Å². The third-order valence-electron chi connectivity index (χ3n) is 4.07. The van der Waals surface area contributed by atoms with Crippen molar-refractivity contribution in [3.05, 3.63) is 29.8 Å². The standard InChI is InChI=1S/C17H25BrO/c1-2-19-16-11-9-15(10-12-16)17(18)13-14-7-5-3-4-6-8-14/h9-12,14,17H,2-8,13H2,1H3. The maximum absolute atomic E-state index is 5.49. The lowest BCUT2D eigenvalue weighted by molar-refractivity contribution is 0.340. The van der Waals surface area contributed by atoms with Crippen LogP contribution in [0.4, 0.5) is 0 Å². The smallest absolute Gasteiger partial charge is 0.119 e. The summed E-state index contributed by atoms with van der Waals surface area (Å²) < 4.78 is 5.49. The van der Waals surface area contributed by atoms with E-state index < -0.39 is 0 Å². The average molecular weight is 325 g/mol. The van der Waals surface area contributed by atoms with E-state index in [4.69, 9.17) is 4.74 Å². The summed E-state index contributed by atoms with van der Waals surface area (Å²) in [7, 11) is 0. The van der Waals surface area contributed by atoms with E-state index in [0.717, 1.165) is 18.3 Å². The molecule has 1 unspecified atom stereocenters. The molecule has 2 rings (SSSR count). The topological polar surface area (TPSA) is 9.23 Å². The first-order valence-electron chi connectivity index (χ1n) is 7.66. The number of benzene rings is 1. The van der Waals surface area contributed by atoms with Gasteiger partial charge in [0.2, 0.25) is 0 Å². The van der Waals surface area contributed by atoms with Gasteiger partial charge >= 0.3 is 0 Å². The highest BCUT2D eigenvalue weighted by molar-refractivity contribution is 9.09. The molecule has 106 valence electrons. The number of rotatable bonds is 5. The summed E-state index contributed by atoms with van der Waals surface area (Å²) in [4.78, 5) is 0.492. The van der Waals surface area contributed by atoms with E-state index in [9.17, 15) is 0 Å². The van der Waals surface area contributed by atoms with Crippen molar-refractivity contribution < 1.29 is 4.74 Å².